The molecule has 0 spiro atoms. The average Bonchev–Trinajstić information content (AvgIpc) is 2.15. The van der Waals surface area contributed by atoms with E-state index in [9.17, 15) is 0 Å². The summed E-state index contributed by atoms with van der Waals surface area (Å²) in [6, 6.07) is 8.21. The minimum absolute atomic E-state index is 0.673. The van der Waals surface area contributed by atoms with E-state index in [-0.39, 0.29) is 0 Å². The first-order valence-electron chi connectivity index (χ1n) is 4.71. The molecule has 0 aliphatic heterocycles. The number of benzene rings is 1. The number of aryl methyl sites for hydroxylation is 1. The van der Waals surface area contributed by atoms with Crippen molar-refractivity contribution in [3.8, 4) is 0 Å². The van der Waals surface area contributed by atoms with Gasteiger partial charge in [0.2, 0.25) is 0 Å². The molecule has 2 heteroatoms. The molecular formula is C12H16N2. The summed E-state index contributed by atoms with van der Waals surface area (Å²) in [5.41, 5.74) is 3.01. The van der Waals surface area contributed by atoms with Crippen LogP contribution in [0.1, 0.15) is 18.9 Å². The number of hydrogen-bond acceptors (Lipinski definition) is 2. The zero-order chi connectivity index (χ0) is 10.4. The van der Waals surface area contributed by atoms with Crippen molar-refractivity contribution in [3.63, 3.8) is 0 Å². The van der Waals surface area contributed by atoms with Gasteiger partial charge in [-0.2, -0.15) is 0 Å². The van der Waals surface area contributed by atoms with Crippen molar-refractivity contribution in [2.24, 2.45) is 0 Å². The predicted molar refractivity (Wildman–Crippen MR) is 62.0 cm³/mol. The van der Waals surface area contributed by atoms with Gasteiger partial charge in [-0.1, -0.05) is 23.8 Å². The molecule has 0 aromatic heterocycles. The molecule has 0 unspecified atom stereocenters. The molecule has 2 N–H and O–H groups in total. The SMILES string of the molecule is CC(=N)C/C=C/Nc1ccc(C)cc1. The molecule has 0 fully saturated rings. The molecular weight excluding hydrogens is 172 g/mol. The number of allylic oxidation sites excluding steroid dienone is 1. The van der Waals surface area contributed by atoms with E-state index in [2.05, 4.69) is 24.4 Å². The molecule has 1 rings (SSSR count). The minimum Gasteiger partial charge on any atom is -0.362 e. The summed E-state index contributed by atoms with van der Waals surface area (Å²) in [4.78, 5) is 0. The van der Waals surface area contributed by atoms with Crippen LogP contribution in [0.25, 0.3) is 0 Å². The fourth-order valence-electron chi connectivity index (χ4n) is 1.04. The topological polar surface area (TPSA) is 35.9 Å². The van der Waals surface area contributed by atoms with Gasteiger partial charge < -0.3 is 10.7 Å². The van der Waals surface area contributed by atoms with Crippen LogP contribution in [0.15, 0.2) is 36.5 Å². The highest BCUT2D eigenvalue weighted by molar-refractivity contribution is 5.79. The molecule has 14 heavy (non-hydrogen) atoms. The van der Waals surface area contributed by atoms with Crippen molar-refractivity contribution in [2.45, 2.75) is 20.3 Å². The summed E-state index contributed by atoms with van der Waals surface area (Å²) in [6.45, 7) is 3.87. The monoisotopic (exact) mass is 188 g/mol. The maximum absolute atomic E-state index is 7.23. The van der Waals surface area contributed by atoms with E-state index in [1.54, 1.807) is 6.92 Å². The van der Waals surface area contributed by atoms with Crippen molar-refractivity contribution in [3.05, 3.63) is 42.1 Å². The Labute approximate surface area is 85.2 Å². The molecule has 0 amide bonds. The summed E-state index contributed by atoms with van der Waals surface area (Å²) in [6.07, 6.45) is 4.53. The molecule has 74 valence electrons. The van der Waals surface area contributed by atoms with Gasteiger partial charge >= 0.3 is 0 Å². The fourth-order valence-corrected chi connectivity index (χ4v) is 1.04. The number of rotatable bonds is 4. The van der Waals surface area contributed by atoms with Gasteiger partial charge in [0.25, 0.3) is 0 Å². The molecule has 0 heterocycles. The molecule has 0 bridgehead atoms. The molecule has 1 aromatic rings. The van der Waals surface area contributed by atoms with Crippen LogP contribution in [-0.4, -0.2) is 5.71 Å². The second kappa shape index (κ2) is 5.22. The molecule has 0 aliphatic rings. The third-order valence-electron chi connectivity index (χ3n) is 1.84. The maximum Gasteiger partial charge on any atom is 0.0379 e. The zero-order valence-corrected chi connectivity index (χ0v) is 8.67. The lowest BCUT2D eigenvalue weighted by atomic mass is 10.2. The number of hydrogen-bond donors (Lipinski definition) is 2. The van der Waals surface area contributed by atoms with E-state index in [1.807, 2.05) is 24.4 Å². The van der Waals surface area contributed by atoms with E-state index >= 15 is 0 Å². The third kappa shape index (κ3) is 3.90. The van der Waals surface area contributed by atoms with E-state index in [0.717, 1.165) is 5.69 Å². The summed E-state index contributed by atoms with van der Waals surface area (Å²) < 4.78 is 0. The van der Waals surface area contributed by atoms with Crippen LogP contribution in [0.3, 0.4) is 0 Å². The highest BCUT2D eigenvalue weighted by Crippen LogP contribution is 2.08. The Morgan fingerprint density at radius 1 is 1.36 bits per heavy atom. The van der Waals surface area contributed by atoms with E-state index in [4.69, 9.17) is 5.41 Å². The van der Waals surface area contributed by atoms with Gasteiger partial charge in [0.05, 0.1) is 0 Å². The van der Waals surface area contributed by atoms with Gasteiger partial charge in [-0.05, 0) is 32.2 Å². The second-order valence-electron chi connectivity index (χ2n) is 3.40. The van der Waals surface area contributed by atoms with E-state index < -0.39 is 0 Å². The predicted octanol–water partition coefficient (Wildman–Crippen LogP) is 3.35. The molecule has 0 saturated heterocycles. The van der Waals surface area contributed by atoms with Crippen LogP contribution in [0.5, 0.6) is 0 Å². The van der Waals surface area contributed by atoms with Crippen LogP contribution in [0.2, 0.25) is 0 Å². The van der Waals surface area contributed by atoms with Gasteiger partial charge in [0, 0.05) is 17.8 Å². The molecule has 1 aromatic carbocycles. The lowest BCUT2D eigenvalue weighted by molar-refractivity contribution is 1.33. The highest BCUT2D eigenvalue weighted by Gasteiger charge is 1.87. The van der Waals surface area contributed by atoms with Gasteiger partial charge in [-0.15, -0.1) is 0 Å². The first kappa shape index (κ1) is 10.5. The fraction of sp³-hybridized carbons (Fsp3) is 0.250. The lowest BCUT2D eigenvalue weighted by Gasteiger charge is -2.00. The largest absolute Gasteiger partial charge is 0.362 e. The van der Waals surface area contributed by atoms with Crippen LogP contribution in [0, 0.1) is 12.3 Å². The van der Waals surface area contributed by atoms with E-state index in [0.29, 0.717) is 12.1 Å². The van der Waals surface area contributed by atoms with Crippen molar-refractivity contribution in [1.82, 2.24) is 0 Å². The third-order valence-corrected chi connectivity index (χ3v) is 1.84. The quantitative estimate of drug-likeness (QED) is 0.698. The van der Waals surface area contributed by atoms with Gasteiger partial charge in [-0.25, -0.2) is 0 Å². The van der Waals surface area contributed by atoms with Crippen LogP contribution in [-0.2, 0) is 0 Å². The smallest absolute Gasteiger partial charge is 0.0379 e. The maximum atomic E-state index is 7.23. The van der Waals surface area contributed by atoms with Crippen molar-refractivity contribution < 1.29 is 0 Å². The Hall–Kier alpha value is -1.57. The van der Waals surface area contributed by atoms with Crippen molar-refractivity contribution in [2.75, 3.05) is 5.32 Å². The Morgan fingerprint density at radius 2 is 2.00 bits per heavy atom. The molecule has 0 atom stereocenters. The summed E-state index contributed by atoms with van der Waals surface area (Å²) in [5.74, 6) is 0. The Balaban J connectivity index is 2.42. The molecule has 0 aliphatic carbocycles. The standard InChI is InChI=1S/C12H16N2/c1-10-5-7-12(8-6-10)14-9-3-4-11(2)13/h3,5-9,13-14H,4H2,1-2H3/b9-3+,13-11?. The number of anilines is 1. The van der Waals surface area contributed by atoms with Crippen LogP contribution in [0.4, 0.5) is 5.69 Å². The highest BCUT2D eigenvalue weighted by atomic mass is 14.8. The molecule has 0 radical (unpaired) electrons. The summed E-state index contributed by atoms with van der Waals surface area (Å²) >= 11 is 0. The number of nitrogens with one attached hydrogen (secondary N) is 2. The minimum atomic E-state index is 0.673. The van der Waals surface area contributed by atoms with Crippen molar-refractivity contribution >= 4 is 11.4 Å². The van der Waals surface area contributed by atoms with Crippen LogP contribution >= 0.6 is 0 Å². The molecule has 0 saturated carbocycles. The molecule has 2 nitrogen and oxygen atoms in total. The van der Waals surface area contributed by atoms with Gasteiger partial charge in [-0.3, -0.25) is 0 Å². The average molecular weight is 188 g/mol. The van der Waals surface area contributed by atoms with E-state index in [1.165, 1.54) is 5.56 Å². The first-order valence-corrected chi connectivity index (χ1v) is 4.71. The Kier molecular flexibility index (Phi) is 3.92. The second-order valence-corrected chi connectivity index (χ2v) is 3.40. The summed E-state index contributed by atoms with van der Waals surface area (Å²) in [5, 5.41) is 10.4. The normalized spacial score (nSPS) is 10.4. The zero-order valence-electron chi connectivity index (χ0n) is 8.67. The Morgan fingerprint density at radius 3 is 2.57 bits per heavy atom. The van der Waals surface area contributed by atoms with Gasteiger partial charge in [0.1, 0.15) is 0 Å². The van der Waals surface area contributed by atoms with Gasteiger partial charge in [0.15, 0.2) is 0 Å². The first-order chi connectivity index (χ1) is 6.68. The Bertz CT molecular complexity index is 323. The summed E-state index contributed by atoms with van der Waals surface area (Å²) in [7, 11) is 0. The van der Waals surface area contributed by atoms with Crippen molar-refractivity contribution in [1.29, 1.82) is 5.41 Å². The lowest BCUT2D eigenvalue weighted by Crippen LogP contribution is -1.89. The van der Waals surface area contributed by atoms with Crippen LogP contribution < -0.4 is 5.32 Å².